The van der Waals surface area contributed by atoms with Crippen LogP contribution in [-0.2, 0) is 29.2 Å². The van der Waals surface area contributed by atoms with Crippen molar-refractivity contribution in [2.75, 3.05) is 13.2 Å². The zero-order valence-corrected chi connectivity index (χ0v) is 21.4. The largest absolute Gasteiger partial charge is 0.494 e. The molecule has 0 amide bonds. The Bertz CT molecular complexity index is 1380. The van der Waals surface area contributed by atoms with Crippen LogP contribution in [0.3, 0.4) is 0 Å². The number of aromatic amines is 1. The number of aromatic nitrogens is 5. The lowest BCUT2D eigenvalue weighted by Gasteiger charge is -2.30. The number of carbonyl (C=O) groups is 1. The quantitative estimate of drug-likeness (QED) is 0.291. The molecule has 4 aromatic rings. The van der Waals surface area contributed by atoms with Crippen molar-refractivity contribution in [3.63, 3.8) is 0 Å². The summed E-state index contributed by atoms with van der Waals surface area (Å²) in [5.74, 6) is 0.887. The number of H-pyrrole nitrogens is 1. The molecule has 0 aliphatic carbocycles. The van der Waals surface area contributed by atoms with Gasteiger partial charge >= 0.3 is 5.97 Å². The normalized spacial score (nSPS) is 12.1. The first-order valence-electron chi connectivity index (χ1n) is 12.5. The molecule has 2 aromatic heterocycles. The van der Waals surface area contributed by atoms with Crippen LogP contribution in [0.15, 0.2) is 59.4 Å². The number of nitrogens with zero attached hydrogens (tertiary/aromatic N) is 5. The Kier molecular flexibility index (Phi) is 8.63. The SMILES string of the molecule is CCOC(=O)Cn1nnnc1C(CC)N(Cc1ccccc1)Cc1cc2cc(OCC)ccc2[nH]c1=O. The van der Waals surface area contributed by atoms with Crippen LogP contribution in [-0.4, -0.2) is 49.3 Å². The molecule has 0 bridgehead atoms. The van der Waals surface area contributed by atoms with E-state index in [-0.39, 0.29) is 24.8 Å². The third-order valence-electron chi connectivity index (χ3n) is 6.07. The van der Waals surface area contributed by atoms with Crippen molar-refractivity contribution in [3.05, 3.63) is 81.9 Å². The zero-order chi connectivity index (χ0) is 26.2. The molecule has 10 nitrogen and oxygen atoms in total. The number of benzene rings is 2. The van der Waals surface area contributed by atoms with Crippen molar-refractivity contribution in [3.8, 4) is 5.75 Å². The highest BCUT2D eigenvalue weighted by Gasteiger charge is 2.27. The van der Waals surface area contributed by atoms with Crippen molar-refractivity contribution in [1.82, 2.24) is 30.1 Å². The number of rotatable bonds is 12. The van der Waals surface area contributed by atoms with Crippen LogP contribution in [0.4, 0.5) is 0 Å². The molecule has 2 aromatic carbocycles. The summed E-state index contributed by atoms with van der Waals surface area (Å²) in [7, 11) is 0. The van der Waals surface area contributed by atoms with Crippen LogP contribution in [0.5, 0.6) is 5.75 Å². The number of hydrogen-bond acceptors (Lipinski definition) is 8. The number of tetrazole rings is 1. The highest BCUT2D eigenvalue weighted by Crippen LogP contribution is 2.27. The summed E-state index contributed by atoms with van der Waals surface area (Å²) >= 11 is 0. The Morgan fingerprint density at radius 1 is 1.05 bits per heavy atom. The maximum absolute atomic E-state index is 13.1. The predicted octanol–water partition coefficient (Wildman–Crippen LogP) is 3.63. The molecule has 37 heavy (non-hydrogen) atoms. The van der Waals surface area contributed by atoms with Crippen molar-refractivity contribution in [1.29, 1.82) is 0 Å². The van der Waals surface area contributed by atoms with E-state index in [1.54, 1.807) is 6.92 Å². The van der Waals surface area contributed by atoms with Crippen molar-refractivity contribution in [2.24, 2.45) is 0 Å². The smallest absolute Gasteiger partial charge is 0.327 e. The van der Waals surface area contributed by atoms with Gasteiger partial charge in [0.05, 0.1) is 19.3 Å². The fourth-order valence-corrected chi connectivity index (χ4v) is 4.41. The third-order valence-corrected chi connectivity index (χ3v) is 6.07. The summed E-state index contributed by atoms with van der Waals surface area (Å²) in [5.41, 5.74) is 2.29. The van der Waals surface area contributed by atoms with Gasteiger partial charge in [-0.05, 0) is 60.5 Å². The van der Waals surface area contributed by atoms with Gasteiger partial charge in [0.25, 0.3) is 5.56 Å². The van der Waals surface area contributed by atoms with Crippen LogP contribution >= 0.6 is 0 Å². The number of nitrogens with one attached hydrogen (secondary N) is 1. The second kappa shape index (κ2) is 12.3. The van der Waals surface area contributed by atoms with Gasteiger partial charge in [-0.2, -0.15) is 0 Å². The molecule has 0 saturated carbocycles. The molecular formula is C27H32N6O4. The molecule has 0 aliphatic rings. The van der Waals surface area contributed by atoms with E-state index in [9.17, 15) is 9.59 Å². The Labute approximate surface area is 215 Å². The number of fused-ring (bicyclic) bond motifs is 1. The van der Waals surface area contributed by atoms with E-state index >= 15 is 0 Å². The Morgan fingerprint density at radius 2 is 1.86 bits per heavy atom. The maximum atomic E-state index is 13.1. The summed E-state index contributed by atoms with van der Waals surface area (Å²) in [5, 5.41) is 13.0. The second-order valence-corrected chi connectivity index (χ2v) is 8.62. The third kappa shape index (κ3) is 6.39. The number of carbonyl (C=O) groups excluding carboxylic acids is 1. The Balaban J connectivity index is 1.71. The Hall–Kier alpha value is -4.05. The minimum absolute atomic E-state index is 0.0807. The minimum Gasteiger partial charge on any atom is -0.494 e. The molecule has 0 radical (unpaired) electrons. The molecule has 0 saturated heterocycles. The van der Waals surface area contributed by atoms with Gasteiger partial charge < -0.3 is 14.5 Å². The standard InChI is InChI=1S/C27H32N6O4/c1-4-24(26-29-30-31-33(26)18-25(34)37-6-3)32(16-19-10-8-7-9-11-19)17-21-14-20-15-22(36-5-2)12-13-23(20)28-27(21)35/h7-15,24H,4-6,16-18H2,1-3H3,(H,28,35). The van der Waals surface area contributed by atoms with Crippen LogP contribution < -0.4 is 10.3 Å². The number of esters is 1. The number of pyridine rings is 1. The number of ether oxygens (including phenoxy) is 2. The van der Waals surface area contributed by atoms with Crippen molar-refractivity contribution in [2.45, 2.75) is 52.9 Å². The molecule has 4 rings (SSSR count). The Morgan fingerprint density at radius 3 is 2.59 bits per heavy atom. The van der Waals surface area contributed by atoms with E-state index in [1.807, 2.05) is 68.4 Å². The lowest BCUT2D eigenvalue weighted by Crippen LogP contribution is -2.33. The van der Waals surface area contributed by atoms with Crippen LogP contribution in [0, 0.1) is 0 Å². The first-order valence-corrected chi connectivity index (χ1v) is 12.5. The molecule has 1 unspecified atom stereocenters. The van der Waals surface area contributed by atoms with Crippen LogP contribution in [0.1, 0.15) is 50.2 Å². The van der Waals surface area contributed by atoms with Crippen LogP contribution in [0.25, 0.3) is 10.9 Å². The molecule has 2 heterocycles. The predicted molar refractivity (Wildman–Crippen MR) is 139 cm³/mol. The molecule has 194 valence electrons. The average molecular weight is 505 g/mol. The summed E-state index contributed by atoms with van der Waals surface area (Å²) in [6.45, 7) is 7.39. The topological polar surface area (TPSA) is 115 Å². The molecule has 0 aliphatic heterocycles. The van der Waals surface area contributed by atoms with E-state index in [0.29, 0.717) is 37.5 Å². The summed E-state index contributed by atoms with van der Waals surface area (Å²) in [4.78, 5) is 30.4. The molecule has 0 fully saturated rings. The monoisotopic (exact) mass is 504 g/mol. The highest BCUT2D eigenvalue weighted by molar-refractivity contribution is 5.80. The van der Waals surface area contributed by atoms with Gasteiger partial charge in [0, 0.05) is 29.6 Å². The van der Waals surface area contributed by atoms with Gasteiger partial charge in [-0.1, -0.05) is 37.3 Å². The molecular weight excluding hydrogens is 472 g/mol. The van der Waals surface area contributed by atoms with Crippen molar-refractivity contribution < 1.29 is 14.3 Å². The van der Waals surface area contributed by atoms with Gasteiger partial charge in [-0.3, -0.25) is 14.5 Å². The first kappa shape index (κ1) is 26.0. The zero-order valence-electron chi connectivity index (χ0n) is 21.4. The molecule has 10 heteroatoms. The maximum Gasteiger partial charge on any atom is 0.327 e. The molecule has 1 N–H and O–H groups in total. The average Bonchev–Trinajstić information content (AvgIpc) is 3.33. The van der Waals surface area contributed by atoms with E-state index in [4.69, 9.17) is 9.47 Å². The van der Waals surface area contributed by atoms with Gasteiger partial charge in [-0.25, -0.2) is 4.68 Å². The molecule has 1 atom stereocenters. The van der Waals surface area contributed by atoms with Gasteiger partial charge in [-0.15, -0.1) is 5.10 Å². The van der Waals surface area contributed by atoms with E-state index < -0.39 is 5.97 Å². The number of hydrogen-bond donors (Lipinski definition) is 1. The first-order chi connectivity index (χ1) is 18.0. The fourth-order valence-electron chi connectivity index (χ4n) is 4.41. The van der Waals surface area contributed by atoms with Gasteiger partial charge in [0.15, 0.2) is 5.82 Å². The fraction of sp³-hybridized carbons (Fsp3) is 0.370. The minimum atomic E-state index is -0.406. The summed E-state index contributed by atoms with van der Waals surface area (Å²) in [6.07, 6.45) is 0.663. The molecule has 0 spiro atoms. The van der Waals surface area contributed by atoms with Gasteiger partial charge in [0.2, 0.25) is 0 Å². The highest BCUT2D eigenvalue weighted by atomic mass is 16.5. The van der Waals surface area contributed by atoms with E-state index in [0.717, 1.165) is 22.2 Å². The summed E-state index contributed by atoms with van der Waals surface area (Å²) in [6, 6.07) is 17.3. The van der Waals surface area contributed by atoms with Gasteiger partial charge in [0.1, 0.15) is 12.3 Å². The lowest BCUT2D eigenvalue weighted by atomic mass is 10.1. The van der Waals surface area contributed by atoms with Crippen LogP contribution in [0.2, 0.25) is 0 Å². The summed E-state index contributed by atoms with van der Waals surface area (Å²) < 4.78 is 12.2. The van der Waals surface area contributed by atoms with Crippen molar-refractivity contribution >= 4 is 16.9 Å². The van der Waals surface area contributed by atoms with E-state index in [1.165, 1.54) is 4.68 Å². The lowest BCUT2D eigenvalue weighted by molar-refractivity contribution is -0.144. The van der Waals surface area contributed by atoms with E-state index in [2.05, 4.69) is 25.4 Å². The second-order valence-electron chi connectivity index (χ2n) is 8.62.